The van der Waals surface area contributed by atoms with E-state index >= 15 is 0 Å². The third kappa shape index (κ3) is 5.04. The van der Waals surface area contributed by atoms with Gasteiger partial charge in [-0.2, -0.15) is 11.8 Å². The van der Waals surface area contributed by atoms with Crippen molar-refractivity contribution < 1.29 is 0 Å². The predicted molar refractivity (Wildman–Crippen MR) is 94.6 cm³/mol. The molecule has 1 unspecified atom stereocenters. The molecule has 1 aromatic heterocycles. The van der Waals surface area contributed by atoms with Crippen LogP contribution in [-0.2, 0) is 6.54 Å². The number of hydrogen-bond acceptors (Lipinski definition) is 4. The van der Waals surface area contributed by atoms with Crippen molar-refractivity contribution in [2.75, 3.05) is 23.7 Å². The third-order valence-electron chi connectivity index (χ3n) is 3.61. The highest BCUT2D eigenvalue weighted by molar-refractivity contribution is 8.00. The first-order chi connectivity index (χ1) is 9.89. The third-order valence-corrected chi connectivity index (χ3v) is 5.32. The number of nitrogens with one attached hydrogen (secondary N) is 1. The van der Waals surface area contributed by atoms with Gasteiger partial charge in [0.2, 0.25) is 0 Å². The first-order valence-electron chi connectivity index (χ1n) is 7.66. The molecular formula is C16H26ClN3S. The van der Waals surface area contributed by atoms with Crippen molar-refractivity contribution in [2.45, 2.75) is 51.4 Å². The van der Waals surface area contributed by atoms with Gasteiger partial charge >= 0.3 is 0 Å². The average molecular weight is 328 g/mol. The summed E-state index contributed by atoms with van der Waals surface area (Å²) in [4.78, 5) is 7.18. The zero-order valence-electron chi connectivity index (χ0n) is 13.4. The largest absolute Gasteiger partial charge is 0.355 e. The molecule has 0 spiro atoms. The summed E-state index contributed by atoms with van der Waals surface area (Å²) < 4.78 is 0. The maximum Gasteiger partial charge on any atom is 0.129 e. The van der Waals surface area contributed by atoms with Gasteiger partial charge in [0.25, 0.3) is 0 Å². The van der Waals surface area contributed by atoms with Crippen LogP contribution in [0.15, 0.2) is 12.1 Å². The summed E-state index contributed by atoms with van der Waals surface area (Å²) in [5.41, 5.74) is 1.01. The monoisotopic (exact) mass is 327 g/mol. The highest BCUT2D eigenvalue weighted by atomic mass is 35.5. The molecule has 0 amide bonds. The Kier molecular flexibility index (Phi) is 5.81. The zero-order chi connectivity index (χ0) is 15.5. The lowest BCUT2D eigenvalue weighted by Gasteiger charge is -2.33. The molecule has 1 N–H and O–H groups in total. The molecule has 3 nitrogen and oxygen atoms in total. The van der Waals surface area contributed by atoms with E-state index in [1.54, 1.807) is 0 Å². The van der Waals surface area contributed by atoms with Gasteiger partial charge in [-0.3, -0.25) is 0 Å². The minimum absolute atomic E-state index is 0.0656. The maximum absolute atomic E-state index is 6.29. The van der Waals surface area contributed by atoms with E-state index in [2.05, 4.69) is 49.7 Å². The summed E-state index contributed by atoms with van der Waals surface area (Å²) in [5.74, 6) is 2.24. The molecule has 0 radical (unpaired) electrons. The molecule has 1 saturated heterocycles. The molecule has 0 aliphatic carbocycles. The Balaban J connectivity index is 2.10. The number of hydrogen-bond donors (Lipinski definition) is 1. The first kappa shape index (κ1) is 16.9. The Morgan fingerprint density at radius 2 is 2.19 bits per heavy atom. The number of rotatable bonds is 4. The van der Waals surface area contributed by atoms with Crippen LogP contribution in [0.2, 0.25) is 5.02 Å². The Morgan fingerprint density at radius 3 is 2.86 bits per heavy atom. The molecule has 1 atom stereocenters. The van der Waals surface area contributed by atoms with Crippen molar-refractivity contribution in [3.63, 3.8) is 0 Å². The molecule has 2 rings (SSSR count). The minimum Gasteiger partial charge on any atom is -0.355 e. The molecule has 118 valence electrons. The van der Waals surface area contributed by atoms with Crippen molar-refractivity contribution >= 4 is 29.2 Å². The first-order valence-corrected chi connectivity index (χ1v) is 9.08. The van der Waals surface area contributed by atoms with Crippen molar-refractivity contribution in [2.24, 2.45) is 0 Å². The lowest BCUT2D eigenvalue weighted by Crippen LogP contribution is -2.38. The molecule has 0 aromatic carbocycles. The SMILES string of the molecule is CCC1CN(c2ccc(Cl)c(CNC(C)(C)C)n2)CCS1. The molecular weight excluding hydrogens is 302 g/mol. The fraction of sp³-hybridized carbons (Fsp3) is 0.688. The predicted octanol–water partition coefficient (Wildman–Crippen LogP) is 3.95. The number of halogens is 1. The maximum atomic E-state index is 6.29. The fourth-order valence-corrected chi connectivity index (χ4v) is 3.65. The summed E-state index contributed by atoms with van der Waals surface area (Å²) in [6.07, 6.45) is 1.22. The highest BCUT2D eigenvalue weighted by Crippen LogP contribution is 2.26. The standard InChI is InChI=1S/C16H26ClN3S/c1-5-12-11-20(8-9-21-12)15-7-6-13(17)14(19-15)10-18-16(2,3)4/h6-7,12,18H,5,8-11H2,1-4H3. The van der Waals surface area contributed by atoms with Crippen LogP contribution in [0.5, 0.6) is 0 Å². The van der Waals surface area contributed by atoms with Gasteiger partial charge in [0.1, 0.15) is 5.82 Å². The van der Waals surface area contributed by atoms with Crippen LogP contribution in [0.25, 0.3) is 0 Å². The van der Waals surface area contributed by atoms with E-state index in [0.717, 1.165) is 29.6 Å². The highest BCUT2D eigenvalue weighted by Gasteiger charge is 2.21. The molecule has 0 bridgehead atoms. The summed E-state index contributed by atoms with van der Waals surface area (Å²) in [5, 5.41) is 4.92. The van der Waals surface area contributed by atoms with E-state index in [1.807, 2.05) is 12.1 Å². The van der Waals surface area contributed by atoms with Gasteiger partial charge in [-0.25, -0.2) is 4.98 Å². The number of pyridine rings is 1. The molecule has 1 aromatic rings. The van der Waals surface area contributed by atoms with Crippen LogP contribution in [0, 0.1) is 0 Å². The normalized spacial score (nSPS) is 19.9. The van der Waals surface area contributed by atoms with Gasteiger partial charge in [0.05, 0.1) is 10.7 Å². The minimum atomic E-state index is 0.0656. The van der Waals surface area contributed by atoms with Crippen LogP contribution < -0.4 is 10.2 Å². The van der Waals surface area contributed by atoms with Crippen molar-refractivity contribution in [1.82, 2.24) is 10.3 Å². The molecule has 2 heterocycles. The van der Waals surface area contributed by atoms with Crippen LogP contribution in [-0.4, -0.2) is 34.6 Å². The number of thioether (sulfide) groups is 1. The van der Waals surface area contributed by atoms with E-state index in [0.29, 0.717) is 11.8 Å². The van der Waals surface area contributed by atoms with E-state index < -0.39 is 0 Å². The van der Waals surface area contributed by atoms with Gasteiger partial charge in [0.15, 0.2) is 0 Å². The van der Waals surface area contributed by atoms with Crippen LogP contribution in [0.1, 0.15) is 39.8 Å². The Bertz CT molecular complexity index is 473. The van der Waals surface area contributed by atoms with E-state index in [9.17, 15) is 0 Å². The number of anilines is 1. The molecule has 1 fully saturated rings. The summed E-state index contributed by atoms with van der Waals surface area (Å²) in [7, 11) is 0. The van der Waals surface area contributed by atoms with E-state index in [-0.39, 0.29) is 5.54 Å². The van der Waals surface area contributed by atoms with Crippen LogP contribution >= 0.6 is 23.4 Å². The number of nitrogens with zero attached hydrogens (tertiary/aromatic N) is 2. The summed E-state index contributed by atoms with van der Waals surface area (Å²) in [6, 6.07) is 4.03. The Hall–Kier alpha value is -0.450. The van der Waals surface area contributed by atoms with Crippen LogP contribution in [0.4, 0.5) is 5.82 Å². The van der Waals surface area contributed by atoms with E-state index in [4.69, 9.17) is 16.6 Å². The van der Waals surface area contributed by atoms with Gasteiger partial charge in [-0.05, 0) is 39.3 Å². The van der Waals surface area contributed by atoms with Crippen LogP contribution in [0.3, 0.4) is 0 Å². The molecule has 21 heavy (non-hydrogen) atoms. The summed E-state index contributed by atoms with van der Waals surface area (Å²) in [6.45, 7) is 11.6. The topological polar surface area (TPSA) is 28.2 Å². The second-order valence-electron chi connectivity index (χ2n) is 6.55. The second kappa shape index (κ2) is 7.21. The molecule has 5 heteroatoms. The van der Waals surface area contributed by atoms with Gasteiger partial charge in [-0.1, -0.05) is 18.5 Å². The second-order valence-corrected chi connectivity index (χ2v) is 8.36. The smallest absolute Gasteiger partial charge is 0.129 e. The molecule has 0 saturated carbocycles. The lowest BCUT2D eigenvalue weighted by molar-refractivity contribution is 0.421. The Morgan fingerprint density at radius 1 is 1.43 bits per heavy atom. The van der Waals surface area contributed by atoms with Gasteiger partial charge < -0.3 is 10.2 Å². The molecule has 1 aliphatic heterocycles. The zero-order valence-corrected chi connectivity index (χ0v) is 15.0. The van der Waals surface area contributed by atoms with Gasteiger partial charge in [-0.15, -0.1) is 0 Å². The average Bonchev–Trinajstić information content (AvgIpc) is 2.45. The van der Waals surface area contributed by atoms with Gasteiger partial charge in [0, 0.05) is 36.2 Å². The molecule has 1 aliphatic rings. The van der Waals surface area contributed by atoms with Crippen molar-refractivity contribution in [3.8, 4) is 0 Å². The quantitative estimate of drug-likeness (QED) is 0.906. The summed E-state index contributed by atoms with van der Waals surface area (Å²) >= 11 is 8.37. The lowest BCUT2D eigenvalue weighted by atomic mass is 10.1. The van der Waals surface area contributed by atoms with Crippen molar-refractivity contribution in [3.05, 3.63) is 22.8 Å². The van der Waals surface area contributed by atoms with E-state index in [1.165, 1.54) is 12.2 Å². The Labute approximate surface area is 137 Å². The number of aromatic nitrogens is 1. The fourth-order valence-electron chi connectivity index (χ4n) is 2.30. The van der Waals surface area contributed by atoms with Crippen molar-refractivity contribution in [1.29, 1.82) is 0 Å².